The van der Waals surface area contributed by atoms with Crippen LogP contribution in [0.3, 0.4) is 0 Å². The average Bonchev–Trinajstić information content (AvgIpc) is 3.36. The Morgan fingerprint density at radius 3 is 2.83 bits per heavy atom. The van der Waals surface area contributed by atoms with Crippen molar-refractivity contribution in [1.29, 1.82) is 0 Å². The maximum atomic E-state index is 13.7. The van der Waals surface area contributed by atoms with E-state index in [0.717, 1.165) is 4.68 Å². The lowest BCUT2D eigenvalue weighted by atomic mass is 10.0. The molecule has 0 saturated heterocycles. The van der Waals surface area contributed by atoms with Gasteiger partial charge in [0.1, 0.15) is 17.3 Å². The molecule has 1 aliphatic rings. The molecule has 0 fully saturated rings. The van der Waals surface area contributed by atoms with Crippen LogP contribution in [0, 0.1) is 0 Å². The number of ether oxygens (including phenoxy) is 1. The third-order valence-electron chi connectivity index (χ3n) is 4.72. The lowest BCUT2D eigenvalue weighted by molar-refractivity contribution is -0.174. The van der Waals surface area contributed by atoms with Crippen LogP contribution in [0.2, 0.25) is 5.02 Å². The zero-order valence-corrected chi connectivity index (χ0v) is 16.3. The molecule has 158 valence electrons. The van der Waals surface area contributed by atoms with Gasteiger partial charge in [0.05, 0.1) is 25.1 Å². The van der Waals surface area contributed by atoms with Crippen molar-refractivity contribution in [3.8, 4) is 5.75 Å². The molecule has 2 atom stereocenters. The number of aromatic nitrogens is 2. The third-order valence-corrected chi connectivity index (χ3v) is 4.95. The molecule has 2 N–H and O–H groups in total. The fourth-order valence-electron chi connectivity index (χ4n) is 3.32. The number of methoxy groups -OCH3 is 1. The Hall–Kier alpha value is -3.14. The molecular weight excluding hydrogens is 425 g/mol. The lowest BCUT2D eigenvalue weighted by Gasteiger charge is -2.32. The summed E-state index contributed by atoms with van der Waals surface area (Å²) in [4.78, 5) is 12.7. The molecule has 3 heterocycles. The summed E-state index contributed by atoms with van der Waals surface area (Å²) in [6.07, 6.45) is -3.49. The summed E-state index contributed by atoms with van der Waals surface area (Å²) < 4.78 is 52.3. The molecule has 30 heavy (non-hydrogen) atoms. The maximum absolute atomic E-state index is 13.7. The van der Waals surface area contributed by atoms with Crippen molar-refractivity contribution in [1.82, 2.24) is 9.78 Å². The number of hydrogen-bond acceptors (Lipinski definition) is 5. The molecule has 3 aromatic rings. The highest BCUT2D eigenvalue weighted by Gasteiger charge is 2.47. The Bertz CT molecular complexity index is 1070. The molecule has 0 saturated carbocycles. The van der Waals surface area contributed by atoms with E-state index >= 15 is 0 Å². The standard InChI is InChI=1S/C19H16ClF3N4O3/c1-29-14-5-4-10(20)7-11(14)25-18(28)13-9-17-24-12(15-3-2-6-30-15)8-16(19(21,22)23)27(17)26-13/h2-7,9,12,16,24H,8H2,1H3,(H,25,28)/t12-,16-/m0/s1. The van der Waals surface area contributed by atoms with Gasteiger partial charge >= 0.3 is 6.18 Å². The summed E-state index contributed by atoms with van der Waals surface area (Å²) >= 11 is 5.95. The molecule has 7 nitrogen and oxygen atoms in total. The first-order valence-electron chi connectivity index (χ1n) is 8.87. The van der Waals surface area contributed by atoms with E-state index in [0.29, 0.717) is 16.5 Å². The maximum Gasteiger partial charge on any atom is 0.410 e. The number of fused-ring (bicyclic) bond motifs is 1. The molecule has 1 aliphatic heterocycles. The zero-order valence-electron chi connectivity index (χ0n) is 15.5. The van der Waals surface area contributed by atoms with Crippen molar-refractivity contribution in [2.45, 2.75) is 24.7 Å². The molecule has 4 rings (SSSR count). The van der Waals surface area contributed by atoms with Gasteiger partial charge in [-0.25, -0.2) is 4.68 Å². The van der Waals surface area contributed by atoms with Gasteiger partial charge in [0.25, 0.3) is 5.91 Å². The first-order valence-corrected chi connectivity index (χ1v) is 9.25. The summed E-state index contributed by atoms with van der Waals surface area (Å²) in [5, 5.41) is 9.78. The number of furan rings is 1. The minimum Gasteiger partial charge on any atom is -0.495 e. The highest BCUT2D eigenvalue weighted by molar-refractivity contribution is 6.31. The van der Waals surface area contributed by atoms with Gasteiger partial charge in [-0.2, -0.15) is 18.3 Å². The van der Waals surface area contributed by atoms with Gasteiger partial charge in [0, 0.05) is 17.5 Å². The largest absolute Gasteiger partial charge is 0.495 e. The number of benzene rings is 1. The quantitative estimate of drug-likeness (QED) is 0.593. The van der Waals surface area contributed by atoms with Crippen molar-refractivity contribution < 1.29 is 27.1 Å². The second-order valence-corrected chi connectivity index (χ2v) is 7.10. The molecule has 2 aromatic heterocycles. The Labute approximate surface area is 173 Å². The number of rotatable bonds is 4. The highest BCUT2D eigenvalue weighted by Crippen LogP contribution is 2.43. The predicted octanol–water partition coefficient (Wildman–Crippen LogP) is 5.05. The number of carbonyl (C=O) groups is 1. The number of hydrogen-bond donors (Lipinski definition) is 2. The Kier molecular flexibility index (Phi) is 5.10. The monoisotopic (exact) mass is 440 g/mol. The van der Waals surface area contributed by atoms with Gasteiger partial charge in [0.15, 0.2) is 11.7 Å². The number of nitrogens with one attached hydrogen (secondary N) is 2. The highest BCUT2D eigenvalue weighted by atomic mass is 35.5. The van der Waals surface area contributed by atoms with Crippen LogP contribution in [-0.4, -0.2) is 29.0 Å². The molecule has 0 radical (unpaired) electrons. The van der Waals surface area contributed by atoms with Gasteiger partial charge in [-0.3, -0.25) is 4.79 Å². The second-order valence-electron chi connectivity index (χ2n) is 6.66. The van der Waals surface area contributed by atoms with Crippen LogP contribution in [0.15, 0.2) is 47.1 Å². The SMILES string of the molecule is COc1ccc(Cl)cc1NC(=O)c1cc2n(n1)[C@H](C(F)(F)F)C[C@@H](c1ccco1)N2. The summed E-state index contributed by atoms with van der Waals surface area (Å²) in [7, 11) is 1.42. The molecule has 1 amide bonds. The van der Waals surface area contributed by atoms with Crippen LogP contribution in [0.25, 0.3) is 0 Å². The lowest BCUT2D eigenvalue weighted by Crippen LogP contribution is -2.35. The van der Waals surface area contributed by atoms with E-state index in [2.05, 4.69) is 15.7 Å². The summed E-state index contributed by atoms with van der Waals surface area (Å²) in [6.45, 7) is 0. The van der Waals surface area contributed by atoms with E-state index in [1.165, 1.54) is 25.5 Å². The van der Waals surface area contributed by atoms with E-state index in [9.17, 15) is 18.0 Å². The number of anilines is 2. The Morgan fingerprint density at radius 2 is 2.17 bits per heavy atom. The Balaban J connectivity index is 1.65. The van der Waals surface area contributed by atoms with E-state index in [1.54, 1.807) is 24.3 Å². The minimum absolute atomic E-state index is 0.0631. The normalized spacial score (nSPS) is 18.4. The number of halogens is 4. The number of alkyl halides is 3. The fourth-order valence-corrected chi connectivity index (χ4v) is 3.50. The molecule has 0 unspecified atom stereocenters. The predicted molar refractivity (Wildman–Crippen MR) is 103 cm³/mol. The van der Waals surface area contributed by atoms with Crippen molar-refractivity contribution in [3.63, 3.8) is 0 Å². The van der Waals surface area contributed by atoms with Gasteiger partial charge < -0.3 is 19.8 Å². The van der Waals surface area contributed by atoms with E-state index in [1.807, 2.05) is 0 Å². The minimum atomic E-state index is -4.56. The molecule has 0 bridgehead atoms. The average molecular weight is 441 g/mol. The van der Waals surface area contributed by atoms with Crippen LogP contribution in [-0.2, 0) is 0 Å². The first-order chi connectivity index (χ1) is 14.3. The third kappa shape index (κ3) is 3.82. The van der Waals surface area contributed by atoms with Crippen molar-refractivity contribution in [2.24, 2.45) is 0 Å². The first kappa shape index (κ1) is 20.1. The van der Waals surface area contributed by atoms with Crippen LogP contribution in [0.1, 0.15) is 34.8 Å². The molecule has 0 spiro atoms. The molecular formula is C19H16ClF3N4O3. The van der Waals surface area contributed by atoms with Crippen molar-refractivity contribution in [2.75, 3.05) is 17.7 Å². The van der Waals surface area contributed by atoms with E-state index < -0.39 is 24.2 Å². The second kappa shape index (κ2) is 7.60. The van der Waals surface area contributed by atoms with E-state index in [4.69, 9.17) is 20.8 Å². The number of carbonyl (C=O) groups excluding carboxylic acids is 1. The van der Waals surface area contributed by atoms with Gasteiger partial charge in [-0.1, -0.05) is 11.6 Å². The molecule has 11 heteroatoms. The molecule has 0 aliphatic carbocycles. The van der Waals surface area contributed by atoms with E-state index in [-0.39, 0.29) is 23.6 Å². The van der Waals surface area contributed by atoms with Gasteiger partial charge in [-0.05, 0) is 30.3 Å². The van der Waals surface area contributed by atoms with Crippen LogP contribution < -0.4 is 15.4 Å². The topological polar surface area (TPSA) is 81.3 Å². The zero-order chi connectivity index (χ0) is 21.5. The number of amides is 1. The van der Waals surface area contributed by atoms with Gasteiger partial charge in [0.2, 0.25) is 0 Å². The smallest absolute Gasteiger partial charge is 0.410 e. The van der Waals surface area contributed by atoms with Crippen LogP contribution in [0.5, 0.6) is 5.75 Å². The number of nitrogens with zero attached hydrogens (tertiary/aromatic N) is 2. The van der Waals surface area contributed by atoms with Crippen molar-refractivity contribution in [3.05, 3.63) is 59.1 Å². The summed E-state index contributed by atoms with van der Waals surface area (Å²) in [5.74, 6) is 0.0789. The van der Waals surface area contributed by atoms with Gasteiger partial charge in [-0.15, -0.1) is 0 Å². The van der Waals surface area contributed by atoms with Crippen LogP contribution >= 0.6 is 11.6 Å². The molecule has 1 aromatic carbocycles. The summed E-state index contributed by atoms with van der Waals surface area (Å²) in [5.41, 5.74) is 0.0867. The van der Waals surface area contributed by atoms with Crippen molar-refractivity contribution >= 4 is 29.0 Å². The Morgan fingerprint density at radius 1 is 1.37 bits per heavy atom. The fraction of sp³-hybridized carbons (Fsp3) is 0.263. The summed E-state index contributed by atoms with van der Waals surface area (Å²) in [6, 6.07) is 6.45. The van der Waals surface area contributed by atoms with Crippen LogP contribution in [0.4, 0.5) is 24.7 Å².